The fourth-order valence-electron chi connectivity index (χ4n) is 8.17. The van der Waals surface area contributed by atoms with Crippen molar-refractivity contribution in [3.8, 4) is 28.4 Å². The Morgan fingerprint density at radius 1 is 0.623 bits per heavy atom. The average molecular weight is 1000 g/mol. The monoisotopic (exact) mass is 1000 g/mol. The Hall–Kier alpha value is -5.55. The minimum absolute atomic E-state index is 0. The predicted molar refractivity (Wildman–Crippen MR) is 244 cm³/mol. The van der Waals surface area contributed by atoms with Gasteiger partial charge in [-0.3, -0.25) is 21.2 Å². The molecule has 10 rings (SSSR count). The largest absolute Gasteiger partial charge is 0.500 e. The van der Waals surface area contributed by atoms with Crippen LogP contribution >= 0.6 is 8.60 Å². The normalized spacial score (nSPS) is 15.8. The van der Waals surface area contributed by atoms with E-state index in [9.17, 15) is 0 Å². The molecule has 7 aromatic carbocycles. The molecular weight excluding hydrogens is 954 g/mol. The first kappa shape index (κ1) is 42.2. The van der Waals surface area contributed by atoms with Crippen LogP contribution in [0.25, 0.3) is 32.7 Å². The first-order chi connectivity index (χ1) is 29.7. The van der Waals surface area contributed by atoms with Crippen molar-refractivity contribution < 1.29 is 43.2 Å². The number of nitrogens with zero attached hydrogens (tertiary/aromatic N) is 1. The van der Waals surface area contributed by atoms with Crippen LogP contribution in [-0.2, 0) is 42.2 Å². The Morgan fingerprint density at radius 3 is 1.66 bits per heavy atom. The molecule has 0 aromatic heterocycles. The molecule has 8 heteroatoms. The number of fused-ring (bicyclic) bond motifs is 7. The van der Waals surface area contributed by atoms with Crippen molar-refractivity contribution in [2.24, 2.45) is 4.99 Å². The molecule has 1 atom stereocenters. The average Bonchev–Trinajstić information content (AvgIpc) is 3.73. The quantitative estimate of drug-likeness (QED) is 0.107. The molecule has 7 aromatic rings. The van der Waals surface area contributed by atoms with Gasteiger partial charge in [0.1, 0.15) is 18.4 Å². The van der Waals surface area contributed by atoms with Crippen LogP contribution in [0.4, 0.5) is 0 Å². The molecular formula is C53H47IrNO5P-. The van der Waals surface area contributed by atoms with Crippen LogP contribution in [0.15, 0.2) is 175 Å². The zero-order valence-electron chi connectivity index (χ0n) is 34.0. The van der Waals surface area contributed by atoms with E-state index in [4.69, 9.17) is 28.0 Å². The molecule has 0 saturated carbocycles. The van der Waals surface area contributed by atoms with Crippen molar-refractivity contribution in [2.75, 3.05) is 13.7 Å². The SMILES string of the molecule is COc1ccc(C2=N[C@H](C(Cc3ccccc3)(Cc3ccccc3)O[PH+]3Oc4ccc5ccccc5c4-c4c(ccc5ccccc45)O3)CO2)cc1.[C-]1=CCC[C-]=CCC1.[Ir]. The Bertz CT molecular complexity index is 2490. The molecule has 0 fully saturated rings. The summed E-state index contributed by atoms with van der Waals surface area (Å²) in [6.07, 6.45) is 16.1. The van der Waals surface area contributed by atoms with E-state index in [0.29, 0.717) is 25.3 Å². The maximum atomic E-state index is 7.46. The third-order valence-electron chi connectivity index (χ3n) is 11.1. The molecule has 0 bridgehead atoms. The van der Waals surface area contributed by atoms with Crippen LogP contribution in [0.3, 0.4) is 0 Å². The second-order valence-electron chi connectivity index (χ2n) is 15.1. The molecule has 0 amide bonds. The molecule has 61 heavy (non-hydrogen) atoms. The second kappa shape index (κ2) is 19.9. The smallest absolute Gasteiger partial charge is 0.486 e. The van der Waals surface area contributed by atoms with E-state index in [1.165, 1.54) is 0 Å². The van der Waals surface area contributed by atoms with Crippen LogP contribution in [0.2, 0.25) is 0 Å². The van der Waals surface area contributed by atoms with Crippen LogP contribution in [0, 0.1) is 12.2 Å². The molecule has 1 aliphatic carbocycles. The number of benzene rings is 7. The van der Waals surface area contributed by atoms with E-state index in [1.54, 1.807) is 7.11 Å². The molecule has 6 nitrogen and oxygen atoms in total. The zero-order chi connectivity index (χ0) is 40.6. The molecule has 1 radical (unpaired) electrons. The van der Waals surface area contributed by atoms with Gasteiger partial charge in [0.25, 0.3) is 0 Å². The maximum Gasteiger partial charge on any atom is 0.486 e. The summed E-state index contributed by atoms with van der Waals surface area (Å²) in [7, 11) is -0.843. The molecule has 0 N–H and O–H groups in total. The summed E-state index contributed by atoms with van der Waals surface area (Å²) in [5, 5.41) is 4.46. The van der Waals surface area contributed by atoms with Gasteiger partial charge in [0, 0.05) is 49.6 Å². The summed E-state index contributed by atoms with van der Waals surface area (Å²) in [5.74, 6) is 2.83. The van der Waals surface area contributed by atoms with Crippen molar-refractivity contribution in [3.63, 3.8) is 0 Å². The van der Waals surface area contributed by atoms with Gasteiger partial charge in [-0.1, -0.05) is 134 Å². The summed E-state index contributed by atoms with van der Waals surface area (Å²) in [6, 6.07) is 53.5. The molecule has 2 aliphatic heterocycles. The molecule has 0 spiro atoms. The predicted octanol–water partition coefficient (Wildman–Crippen LogP) is 12.8. The third-order valence-corrected chi connectivity index (χ3v) is 12.5. The second-order valence-corrected chi connectivity index (χ2v) is 16.3. The van der Waals surface area contributed by atoms with E-state index in [2.05, 4.69) is 146 Å². The third kappa shape index (κ3) is 9.67. The minimum atomic E-state index is -2.51. The molecule has 0 unspecified atom stereocenters. The number of hydrogen-bond donors (Lipinski definition) is 0. The van der Waals surface area contributed by atoms with Crippen molar-refractivity contribution in [1.29, 1.82) is 0 Å². The Labute approximate surface area is 373 Å². The Morgan fingerprint density at radius 2 is 1.13 bits per heavy atom. The Balaban J connectivity index is 0.000000515. The summed E-state index contributed by atoms with van der Waals surface area (Å²) >= 11 is 0. The van der Waals surface area contributed by atoms with Crippen LogP contribution in [-0.4, -0.2) is 31.3 Å². The topological polar surface area (TPSA) is 58.5 Å². The van der Waals surface area contributed by atoms with Gasteiger partial charge < -0.3 is 21.6 Å². The number of rotatable bonds is 9. The maximum absolute atomic E-state index is 7.46. The van der Waals surface area contributed by atoms with Crippen LogP contribution in [0.1, 0.15) is 42.4 Å². The van der Waals surface area contributed by atoms with Crippen molar-refractivity contribution in [1.82, 2.24) is 0 Å². The number of allylic oxidation sites excluding steroid dienone is 4. The zero-order valence-corrected chi connectivity index (χ0v) is 37.4. The van der Waals surface area contributed by atoms with E-state index in [0.717, 1.165) is 92.3 Å². The van der Waals surface area contributed by atoms with Crippen molar-refractivity contribution in [3.05, 3.63) is 199 Å². The number of methoxy groups -OCH3 is 1. The van der Waals surface area contributed by atoms with E-state index in [-0.39, 0.29) is 26.1 Å². The van der Waals surface area contributed by atoms with Crippen LogP contribution in [0.5, 0.6) is 17.2 Å². The van der Waals surface area contributed by atoms with Crippen molar-refractivity contribution >= 4 is 36.0 Å². The van der Waals surface area contributed by atoms with E-state index >= 15 is 0 Å². The first-order valence-corrected chi connectivity index (χ1v) is 21.9. The van der Waals surface area contributed by atoms with Crippen LogP contribution < -0.4 is 13.8 Å². The number of ether oxygens (including phenoxy) is 2. The van der Waals surface area contributed by atoms with Gasteiger partial charge in [-0.25, -0.2) is 4.99 Å². The summed E-state index contributed by atoms with van der Waals surface area (Å²) < 4.78 is 33.2. The molecule has 3 aliphatic rings. The van der Waals surface area contributed by atoms with Gasteiger partial charge in [-0.15, -0.1) is 0 Å². The number of aliphatic imine (C=N–C) groups is 1. The summed E-state index contributed by atoms with van der Waals surface area (Å²) in [5.41, 5.74) is 4.25. The van der Waals surface area contributed by atoms with Gasteiger partial charge >= 0.3 is 8.60 Å². The van der Waals surface area contributed by atoms with Gasteiger partial charge in [-0.2, -0.15) is 17.4 Å². The summed E-state index contributed by atoms with van der Waals surface area (Å²) in [6.45, 7) is 0.346. The minimum Gasteiger partial charge on any atom is -0.500 e. The standard InChI is InChI=1S/C45H37NO5P.C8H10.Ir/c1-47-36-24-20-35(21-25-36)44-46-41(30-48-44)45(28-31-12-4-2-5-13-31,29-32-14-6-3-7-15-32)51-52-49-39-26-22-33-16-8-10-18-37(33)42(39)43-38-19-11-9-17-34(38)23-27-40(43)50-52;1-2-4-6-8-7-5-3-1;/h2-27,41,52H,28-30H2,1H3;1,8H,2,4-5,7H2;/q+1;-2;/t41-;;/m0../s1. The molecule has 0 saturated heterocycles. The van der Waals surface area contributed by atoms with Gasteiger partial charge in [-0.05, 0) is 69.1 Å². The fraction of sp³-hybridized carbons (Fsp3) is 0.189. The molecule has 309 valence electrons. The van der Waals surface area contributed by atoms with Gasteiger partial charge in [0.2, 0.25) is 5.90 Å². The van der Waals surface area contributed by atoms with E-state index < -0.39 is 14.2 Å². The van der Waals surface area contributed by atoms with Crippen molar-refractivity contribution in [2.45, 2.75) is 50.2 Å². The Kier molecular flexibility index (Phi) is 13.7. The summed E-state index contributed by atoms with van der Waals surface area (Å²) in [4.78, 5) is 5.27. The molecule has 2 heterocycles. The fourth-order valence-corrected chi connectivity index (χ4v) is 9.61. The van der Waals surface area contributed by atoms with Gasteiger partial charge in [0.05, 0.1) is 7.11 Å². The first-order valence-electron chi connectivity index (χ1n) is 20.6. The number of hydrogen-bond acceptors (Lipinski definition) is 6. The van der Waals surface area contributed by atoms with Gasteiger partial charge in [0.15, 0.2) is 17.1 Å². The van der Waals surface area contributed by atoms with E-state index in [1.807, 2.05) is 36.4 Å².